The molecule has 0 unspecified atom stereocenters. The van der Waals surface area contributed by atoms with Crippen molar-refractivity contribution in [1.29, 1.82) is 0 Å². The van der Waals surface area contributed by atoms with Crippen LogP contribution in [0.15, 0.2) is 48.5 Å². The van der Waals surface area contributed by atoms with Crippen molar-refractivity contribution in [2.75, 3.05) is 7.11 Å². The molecule has 0 saturated carbocycles. The van der Waals surface area contributed by atoms with E-state index in [1.807, 2.05) is 36.4 Å². The van der Waals surface area contributed by atoms with Gasteiger partial charge >= 0.3 is 0 Å². The Morgan fingerprint density at radius 1 is 0.913 bits per heavy atom. The summed E-state index contributed by atoms with van der Waals surface area (Å²) in [4.78, 5) is 0. The lowest BCUT2D eigenvalue weighted by atomic mass is 9.87. The SMILES string of the molecule is COc1cccc(CS(=O)(=O)Cc2ccc(C(C)(C)C)cc2)c1. The van der Waals surface area contributed by atoms with E-state index in [0.29, 0.717) is 5.75 Å². The molecule has 0 aliphatic rings. The molecule has 2 rings (SSSR count). The van der Waals surface area contributed by atoms with Crippen molar-refractivity contribution >= 4 is 9.84 Å². The van der Waals surface area contributed by atoms with Gasteiger partial charge in [-0.2, -0.15) is 0 Å². The monoisotopic (exact) mass is 332 g/mol. The molecule has 0 N–H and O–H groups in total. The summed E-state index contributed by atoms with van der Waals surface area (Å²) in [7, 11) is -1.64. The maximum absolute atomic E-state index is 12.4. The topological polar surface area (TPSA) is 43.4 Å². The maximum atomic E-state index is 12.4. The van der Waals surface area contributed by atoms with Crippen molar-refractivity contribution in [1.82, 2.24) is 0 Å². The predicted octanol–water partition coefficient (Wildman–Crippen LogP) is 4.11. The third-order valence-electron chi connectivity index (χ3n) is 3.73. The second-order valence-electron chi connectivity index (χ2n) is 6.83. The van der Waals surface area contributed by atoms with Crippen LogP contribution >= 0.6 is 0 Å². The average molecular weight is 332 g/mol. The zero-order chi connectivity index (χ0) is 17.1. The molecular formula is C19H24O3S. The Labute approximate surface area is 139 Å². The number of methoxy groups -OCH3 is 1. The molecule has 0 bridgehead atoms. The Morgan fingerprint density at radius 3 is 2.09 bits per heavy atom. The molecule has 2 aromatic rings. The highest BCUT2D eigenvalue weighted by atomic mass is 32.2. The first-order valence-electron chi connectivity index (χ1n) is 7.62. The van der Waals surface area contributed by atoms with E-state index < -0.39 is 9.84 Å². The summed E-state index contributed by atoms with van der Waals surface area (Å²) in [6.07, 6.45) is 0. The quantitative estimate of drug-likeness (QED) is 0.827. The van der Waals surface area contributed by atoms with Gasteiger partial charge in [0.25, 0.3) is 0 Å². The normalized spacial score (nSPS) is 12.2. The molecule has 0 aliphatic heterocycles. The number of ether oxygens (including phenoxy) is 1. The van der Waals surface area contributed by atoms with Gasteiger partial charge in [-0.1, -0.05) is 57.2 Å². The van der Waals surface area contributed by atoms with Crippen LogP contribution in [-0.4, -0.2) is 15.5 Å². The second kappa shape index (κ2) is 6.75. The number of benzene rings is 2. The van der Waals surface area contributed by atoms with Crippen molar-refractivity contribution in [2.45, 2.75) is 37.7 Å². The Morgan fingerprint density at radius 2 is 1.52 bits per heavy atom. The Hall–Kier alpha value is -1.81. The van der Waals surface area contributed by atoms with Gasteiger partial charge < -0.3 is 4.74 Å². The Bertz CT molecular complexity index is 754. The van der Waals surface area contributed by atoms with Crippen LogP contribution in [0.5, 0.6) is 5.75 Å². The molecule has 4 heteroatoms. The zero-order valence-corrected chi connectivity index (χ0v) is 15.0. The average Bonchev–Trinajstić information content (AvgIpc) is 2.46. The Balaban J connectivity index is 2.11. The fourth-order valence-corrected chi connectivity index (χ4v) is 3.91. The summed E-state index contributed by atoms with van der Waals surface area (Å²) in [6.45, 7) is 6.42. The van der Waals surface area contributed by atoms with E-state index in [1.165, 1.54) is 5.56 Å². The van der Waals surface area contributed by atoms with Crippen LogP contribution in [0.4, 0.5) is 0 Å². The minimum Gasteiger partial charge on any atom is -0.497 e. The Kier molecular flexibility index (Phi) is 5.15. The molecule has 0 heterocycles. The fraction of sp³-hybridized carbons (Fsp3) is 0.368. The molecule has 0 radical (unpaired) electrons. The number of sulfone groups is 1. The van der Waals surface area contributed by atoms with Crippen molar-refractivity contribution in [3.8, 4) is 5.75 Å². The van der Waals surface area contributed by atoms with Crippen molar-refractivity contribution in [3.63, 3.8) is 0 Å². The first-order valence-corrected chi connectivity index (χ1v) is 9.44. The first-order chi connectivity index (χ1) is 10.7. The standard InChI is InChI=1S/C19H24O3S/c1-19(2,3)17-10-8-15(9-11-17)13-23(20,21)14-16-6-5-7-18(12-16)22-4/h5-12H,13-14H2,1-4H3. The molecule has 0 fully saturated rings. The summed E-state index contributed by atoms with van der Waals surface area (Å²) in [5.74, 6) is 0.743. The van der Waals surface area contributed by atoms with Gasteiger partial charge in [-0.05, 0) is 34.2 Å². The largest absolute Gasteiger partial charge is 0.497 e. The zero-order valence-electron chi connectivity index (χ0n) is 14.2. The first kappa shape index (κ1) is 17.5. The van der Waals surface area contributed by atoms with Crippen LogP contribution in [0.25, 0.3) is 0 Å². The fourth-order valence-electron chi connectivity index (χ4n) is 2.42. The molecule has 0 spiro atoms. The lowest BCUT2D eigenvalue weighted by Crippen LogP contribution is -2.11. The molecule has 0 amide bonds. The number of rotatable bonds is 5. The van der Waals surface area contributed by atoms with Gasteiger partial charge in [0.2, 0.25) is 0 Å². The number of hydrogen-bond acceptors (Lipinski definition) is 3. The minimum atomic E-state index is -3.22. The van der Waals surface area contributed by atoms with E-state index in [9.17, 15) is 8.42 Å². The highest BCUT2D eigenvalue weighted by molar-refractivity contribution is 7.89. The second-order valence-corrected chi connectivity index (χ2v) is 8.90. The molecule has 0 aromatic heterocycles. The van der Waals surface area contributed by atoms with E-state index in [0.717, 1.165) is 11.1 Å². The van der Waals surface area contributed by atoms with Crippen LogP contribution in [0, 0.1) is 0 Å². The molecule has 0 saturated heterocycles. The smallest absolute Gasteiger partial charge is 0.158 e. The molecule has 124 valence electrons. The van der Waals surface area contributed by atoms with Gasteiger partial charge in [0.05, 0.1) is 18.6 Å². The van der Waals surface area contributed by atoms with E-state index in [-0.39, 0.29) is 16.9 Å². The number of hydrogen-bond donors (Lipinski definition) is 0. The summed E-state index contributed by atoms with van der Waals surface area (Å²) < 4.78 is 30.0. The van der Waals surface area contributed by atoms with Gasteiger partial charge in [-0.15, -0.1) is 0 Å². The minimum absolute atomic E-state index is 0.0191. The molecule has 2 aromatic carbocycles. The summed E-state index contributed by atoms with van der Waals surface area (Å²) in [5.41, 5.74) is 2.83. The van der Waals surface area contributed by atoms with E-state index in [1.54, 1.807) is 19.2 Å². The van der Waals surface area contributed by atoms with E-state index in [4.69, 9.17) is 4.74 Å². The summed E-state index contributed by atoms with van der Waals surface area (Å²) in [5, 5.41) is 0. The van der Waals surface area contributed by atoms with Gasteiger partial charge in [-0.3, -0.25) is 0 Å². The van der Waals surface area contributed by atoms with Gasteiger partial charge in [0.1, 0.15) is 5.75 Å². The van der Waals surface area contributed by atoms with Crippen molar-refractivity contribution in [3.05, 3.63) is 65.2 Å². The molecule has 0 atom stereocenters. The lowest BCUT2D eigenvalue weighted by Gasteiger charge is -2.19. The van der Waals surface area contributed by atoms with Crippen molar-refractivity contribution < 1.29 is 13.2 Å². The van der Waals surface area contributed by atoms with E-state index >= 15 is 0 Å². The van der Waals surface area contributed by atoms with Crippen LogP contribution in [-0.2, 0) is 26.8 Å². The van der Waals surface area contributed by atoms with Crippen LogP contribution < -0.4 is 4.74 Å². The van der Waals surface area contributed by atoms with Crippen molar-refractivity contribution in [2.24, 2.45) is 0 Å². The highest BCUT2D eigenvalue weighted by Crippen LogP contribution is 2.23. The molecule has 0 aliphatic carbocycles. The van der Waals surface area contributed by atoms with Gasteiger partial charge in [0, 0.05) is 0 Å². The van der Waals surface area contributed by atoms with Gasteiger partial charge in [-0.25, -0.2) is 8.42 Å². The summed E-state index contributed by atoms with van der Waals surface area (Å²) >= 11 is 0. The van der Waals surface area contributed by atoms with Crippen LogP contribution in [0.1, 0.15) is 37.5 Å². The molecular weight excluding hydrogens is 308 g/mol. The van der Waals surface area contributed by atoms with E-state index in [2.05, 4.69) is 20.8 Å². The summed E-state index contributed by atoms with van der Waals surface area (Å²) in [6, 6.07) is 15.0. The van der Waals surface area contributed by atoms with Gasteiger partial charge in [0.15, 0.2) is 9.84 Å². The highest BCUT2D eigenvalue weighted by Gasteiger charge is 2.16. The third kappa shape index (κ3) is 5.10. The molecule has 23 heavy (non-hydrogen) atoms. The third-order valence-corrected chi connectivity index (χ3v) is 5.27. The maximum Gasteiger partial charge on any atom is 0.158 e. The predicted molar refractivity (Wildman–Crippen MR) is 94.5 cm³/mol. The van der Waals surface area contributed by atoms with Crippen LogP contribution in [0.3, 0.4) is 0 Å². The lowest BCUT2D eigenvalue weighted by molar-refractivity contribution is 0.414. The van der Waals surface area contributed by atoms with Crippen LogP contribution in [0.2, 0.25) is 0 Å². The molecule has 3 nitrogen and oxygen atoms in total.